The third kappa shape index (κ3) is 4.14. The van der Waals surface area contributed by atoms with Crippen LogP contribution in [0.2, 0.25) is 0 Å². The largest absolute Gasteiger partial charge is 0.352 e. The maximum absolute atomic E-state index is 11.6. The quantitative estimate of drug-likeness (QED) is 0.586. The highest BCUT2D eigenvalue weighted by atomic mass is 16.6. The minimum absolute atomic E-state index is 0.0431. The summed E-state index contributed by atoms with van der Waals surface area (Å²) >= 11 is 0. The van der Waals surface area contributed by atoms with E-state index in [1.54, 1.807) is 12.1 Å². The molecule has 18 heavy (non-hydrogen) atoms. The Morgan fingerprint density at radius 1 is 1.44 bits per heavy atom. The molecule has 0 radical (unpaired) electrons. The van der Waals surface area contributed by atoms with Gasteiger partial charge in [-0.2, -0.15) is 0 Å². The molecule has 0 saturated heterocycles. The standard InChI is InChI=1S/C12H17N3O3/c1-9(6-7-13)12(16)14-8-10-2-4-11(5-3-10)15(17)18/h2-5,9H,6-8,13H2,1H3,(H,14,16). The van der Waals surface area contributed by atoms with Crippen LogP contribution < -0.4 is 11.1 Å². The van der Waals surface area contributed by atoms with Crippen molar-refractivity contribution in [2.45, 2.75) is 19.9 Å². The third-order valence-electron chi connectivity index (χ3n) is 2.66. The fraction of sp³-hybridized carbons (Fsp3) is 0.417. The highest BCUT2D eigenvalue weighted by Gasteiger charge is 2.11. The van der Waals surface area contributed by atoms with Crippen molar-refractivity contribution in [3.05, 3.63) is 39.9 Å². The molecule has 3 N–H and O–H groups in total. The molecule has 6 nitrogen and oxygen atoms in total. The van der Waals surface area contributed by atoms with E-state index in [0.29, 0.717) is 19.5 Å². The predicted octanol–water partition coefficient (Wildman–Crippen LogP) is 1.20. The van der Waals surface area contributed by atoms with Crippen molar-refractivity contribution in [3.8, 4) is 0 Å². The Hall–Kier alpha value is -1.95. The topological polar surface area (TPSA) is 98.3 Å². The molecule has 1 aromatic rings. The van der Waals surface area contributed by atoms with E-state index >= 15 is 0 Å². The van der Waals surface area contributed by atoms with Gasteiger partial charge in [-0.25, -0.2) is 0 Å². The molecule has 1 aromatic carbocycles. The summed E-state index contributed by atoms with van der Waals surface area (Å²) < 4.78 is 0. The predicted molar refractivity (Wildman–Crippen MR) is 67.8 cm³/mol. The van der Waals surface area contributed by atoms with E-state index in [1.165, 1.54) is 12.1 Å². The lowest BCUT2D eigenvalue weighted by molar-refractivity contribution is -0.384. The van der Waals surface area contributed by atoms with Crippen molar-refractivity contribution < 1.29 is 9.72 Å². The summed E-state index contributed by atoms with van der Waals surface area (Å²) in [5.74, 6) is -0.174. The first kappa shape index (κ1) is 14.1. The van der Waals surface area contributed by atoms with Gasteiger partial charge in [0.05, 0.1) is 4.92 Å². The van der Waals surface area contributed by atoms with Crippen molar-refractivity contribution in [1.82, 2.24) is 5.32 Å². The molecular formula is C12H17N3O3. The average Bonchev–Trinajstić information content (AvgIpc) is 2.36. The van der Waals surface area contributed by atoms with Crippen LogP contribution in [0, 0.1) is 16.0 Å². The number of hydrogen-bond acceptors (Lipinski definition) is 4. The lowest BCUT2D eigenvalue weighted by Gasteiger charge is -2.10. The van der Waals surface area contributed by atoms with Crippen molar-refractivity contribution in [2.24, 2.45) is 11.7 Å². The smallest absolute Gasteiger partial charge is 0.269 e. The molecule has 0 aliphatic rings. The molecule has 0 spiro atoms. The summed E-state index contributed by atoms with van der Waals surface area (Å²) in [6.45, 7) is 2.66. The van der Waals surface area contributed by atoms with E-state index in [1.807, 2.05) is 6.92 Å². The Bertz CT molecular complexity index is 417. The lowest BCUT2D eigenvalue weighted by atomic mass is 10.1. The highest BCUT2D eigenvalue weighted by Crippen LogP contribution is 2.11. The SMILES string of the molecule is CC(CCN)C(=O)NCc1ccc([N+](=O)[O-])cc1. The molecule has 0 aromatic heterocycles. The van der Waals surface area contributed by atoms with Crippen LogP contribution in [0.1, 0.15) is 18.9 Å². The van der Waals surface area contributed by atoms with Gasteiger partial charge in [0.1, 0.15) is 0 Å². The third-order valence-corrected chi connectivity index (χ3v) is 2.66. The molecule has 0 aliphatic carbocycles. The summed E-state index contributed by atoms with van der Waals surface area (Å²) in [7, 11) is 0. The minimum Gasteiger partial charge on any atom is -0.352 e. The van der Waals surface area contributed by atoms with Gasteiger partial charge in [-0.05, 0) is 18.5 Å². The number of nitrogens with one attached hydrogen (secondary N) is 1. The van der Waals surface area contributed by atoms with Crippen LogP contribution in [-0.2, 0) is 11.3 Å². The van der Waals surface area contributed by atoms with Gasteiger partial charge in [0.25, 0.3) is 5.69 Å². The number of rotatable bonds is 6. The van der Waals surface area contributed by atoms with Crippen molar-refractivity contribution >= 4 is 11.6 Å². The molecule has 0 saturated carbocycles. The Kier molecular flexibility index (Phi) is 5.26. The number of nitrogens with zero attached hydrogens (tertiary/aromatic N) is 1. The van der Waals surface area contributed by atoms with Crippen LogP contribution in [0.5, 0.6) is 0 Å². The van der Waals surface area contributed by atoms with Crippen LogP contribution in [0.25, 0.3) is 0 Å². The van der Waals surface area contributed by atoms with E-state index in [4.69, 9.17) is 5.73 Å². The van der Waals surface area contributed by atoms with Crippen molar-refractivity contribution in [2.75, 3.05) is 6.54 Å². The zero-order valence-electron chi connectivity index (χ0n) is 10.3. The van der Waals surface area contributed by atoms with E-state index in [9.17, 15) is 14.9 Å². The maximum atomic E-state index is 11.6. The van der Waals surface area contributed by atoms with Gasteiger partial charge >= 0.3 is 0 Å². The van der Waals surface area contributed by atoms with E-state index in [2.05, 4.69) is 5.32 Å². The molecule has 0 fully saturated rings. The van der Waals surface area contributed by atoms with E-state index in [-0.39, 0.29) is 17.5 Å². The number of hydrogen-bond donors (Lipinski definition) is 2. The molecule has 1 atom stereocenters. The van der Waals surface area contributed by atoms with Gasteiger partial charge in [0.15, 0.2) is 0 Å². The molecule has 0 aliphatic heterocycles. The number of nitro benzene ring substituents is 1. The number of nitrogens with two attached hydrogens (primary N) is 1. The second kappa shape index (κ2) is 6.70. The first-order valence-corrected chi connectivity index (χ1v) is 5.75. The van der Waals surface area contributed by atoms with Crippen LogP contribution >= 0.6 is 0 Å². The fourth-order valence-corrected chi connectivity index (χ4v) is 1.48. The van der Waals surface area contributed by atoms with Crippen molar-refractivity contribution in [1.29, 1.82) is 0 Å². The van der Waals surface area contributed by atoms with Crippen LogP contribution in [-0.4, -0.2) is 17.4 Å². The maximum Gasteiger partial charge on any atom is 0.269 e. The van der Waals surface area contributed by atoms with Gasteiger partial charge < -0.3 is 11.1 Å². The van der Waals surface area contributed by atoms with Gasteiger partial charge in [0, 0.05) is 24.6 Å². The van der Waals surface area contributed by atoms with Crippen LogP contribution in [0.15, 0.2) is 24.3 Å². The average molecular weight is 251 g/mol. The number of carbonyl (C=O) groups excluding carboxylic acids is 1. The molecule has 0 bridgehead atoms. The number of non-ortho nitro benzene ring substituents is 1. The van der Waals surface area contributed by atoms with Gasteiger partial charge in [-0.3, -0.25) is 14.9 Å². The van der Waals surface area contributed by atoms with E-state index in [0.717, 1.165) is 5.56 Å². The Labute approximate surface area is 105 Å². The molecule has 0 heterocycles. The number of benzene rings is 1. The molecule has 6 heteroatoms. The second-order valence-electron chi connectivity index (χ2n) is 4.12. The van der Waals surface area contributed by atoms with Gasteiger partial charge in [-0.15, -0.1) is 0 Å². The second-order valence-corrected chi connectivity index (χ2v) is 4.12. The molecular weight excluding hydrogens is 234 g/mol. The normalized spacial score (nSPS) is 11.9. The van der Waals surface area contributed by atoms with Crippen LogP contribution in [0.4, 0.5) is 5.69 Å². The molecule has 98 valence electrons. The highest BCUT2D eigenvalue weighted by molar-refractivity contribution is 5.78. The molecule has 1 amide bonds. The van der Waals surface area contributed by atoms with Gasteiger partial charge in [-0.1, -0.05) is 19.1 Å². The summed E-state index contributed by atoms with van der Waals surface area (Å²) in [5.41, 5.74) is 6.25. The zero-order valence-corrected chi connectivity index (χ0v) is 10.3. The number of carbonyl (C=O) groups is 1. The number of nitro groups is 1. The van der Waals surface area contributed by atoms with Crippen molar-refractivity contribution in [3.63, 3.8) is 0 Å². The monoisotopic (exact) mass is 251 g/mol. The minimum atomic E-state index is -0.453. The molecule has 1 unspecified atom stereocenters. The van der Waals surface area contributed by atoms with E-state index < -0.39 is 4.92 Å². The summed E-state index contributed by atoms with van der Waals surface area (Å²) in [5, 5.41) is 13.2. The Balaban J connectivity index is 2.48. The Morgan fingerprint density at radius 2 is 2.06 bits per heavy atom. The van der Waals surface area contributed by atoms with Crippen LogP contribution in [0.3, 0.4) is 0 Å². The summed E-state index contributed by atoms with van der Waals surface area (Å²) in [6, 6.07) is 6.10. The summed E-state index contributed by atoms with van der Waals surface area (Å²) in [6.07, 6.45) is 0.645. The van der Waals surface area contributed by atoms with Gasteiger partial charge in [0.2, 0.25) is 5.91 Å². The first-order chi connectivity index (χ1) is 8.54. The first-order valence-electron chi connectivity index (χ1n) is 5.75. The zero-order chi connectivity index (χ0) is 13.5. The fourth-order valence-electron chi connectivity index (χ4n) is 1.48. The lowest BCUT2D eigenvalue weighted by Crippen LogP contribution is -2.29. The Morgan fingerprint density at radius 3 is 2.56 bits per heavy atom. The number of amides is 1. The summed E-state index contributed by atoms with van der Waals surface area (Å²) in [4.78, 5) is 21.6. The molecule has 1 rings (SSSR count).